The van der Waals surface area contributed by atoms with Crippen LogP contribution >= 0.6 is 11.3 Å². The van der Waals surface area contributed by atoms with Crippen LogP contribution in [0, 0.1) is 0 Å². The van der Waals surface area contributed by atoms with E-state index in [2.05, 4.69) is 9.62 Å². The van der Waals surface area contributed by atoms with Gasteiger partial charge in [-0.15, -0.1) is 11.3 Å². The maximum absolute atomic E-state index is 12.4. The van der Waals surface area contributed by atoms with E-state index in [1.54, 1.807) is 11.4 Å². The number of nitrogens with zero attached hydrogens (tertiary/aromatic N) is 1. The lowest BCUT2D eigenvalue weighted by molar-refractivity contribution is 0.176. The Morgan fingerprint density at radius 1 is 1.40 bits per heavy atom. The fraction of sp³-hybridized carbons (Fsp3) is 0.692. The molecule has 112 valence electrons. The largest absolute Gasteiger partial charge is 0.326 e. The van der Waals surface area contributed by atoms with Crippen molar-refractivity contribution in [3.63, 3.8) is 0 Å². The van der Waals surface area contributed by atoms with Crippen LogP contribution in [-0.2, 0) is 16.6 Å². The lowest BCUT2D eigenvalue weighted by Gasteiger charge is -2.34. The van der Waals surface area contributed by atoms with E-state index in [0.717, 1.165) is 24.3 Å². The fourth-order valence-corrected chi connectivity index (χ4v) is 5.67. The zero-order valence-corrected chi connectivity index (χ0v) is 13.0. The molecule has 2 saturated heterocycles. The van der Waals surface area contributed by atoms with E-state index in [-0.39, 0.29) is 6.04 Å². The molecule has 0 spiro atoms. The third kappa shape index (κ3) is 2.92. The Hall–Kier alpha value is -0.470. The number of piperidine rings is 1. The van der Waals surface area contributed by atoms with E-state index >= 15 is 0 Å². The minimum atomic E-state index is -3.39. The van der Waals surface area contributed by atoms with E-state index in [9.17, 15) is 8.42 Å². The molecule has 3 N–H and O–H groups in total. The molecule has 1 aromatic rings. The Labute approximate surface area is 124 Å². The number of nitrogens with one attached hydrogen (secondary N) is 1. The van der Waals surface area contributed by atoms with Crippen LogP contribution in [0.1, 0.15) is 30.6 Å². The summed E-state index contributed by atoms with van der Waals surface area (Å²) >= 11 is 1.40. The monoisotopic (exact) mass is 315 g/mol. The molecule has 0 aliphatic carbocycles. The lowest BCUT2D eigenvalue weighted by Crippen LogP contribution is -2.47. The molecule has 20 heavy (non-hydrogen) atoms. The van der Waals surface area contributed by atoms with Crippen molar-refractivity contribution in [3.05, 3.63) is 16.3 Å². The normalized spacial score (nSPS) is 27.6. The lowest BCUT2D eigenvalue weighted by atomic mass is 9.99. The van der Waals surface area contributed by atoms with Crippen molar-refractivity contribution in [1.29, 1.82) is 0 Å². The van der Waals surface area contributed by atoms with Crippen molar-refractivity contribution in [2.24, 2.45) is 5.73 Å². The molecule has 0 amide bonds. The Balaban J connectivity index is 1.67. The van der Waals surface area contributed by atoms with Gasteiger partial charge in [-0.1, -0.05) is 0 Å². The van der Waals surface area contributed by atoms with Crippen molar-refractivity contribution in [2.75, 3.05) is 13.1 Å². The minimum absolute atomic E-state index is 0.0700. The molecule has 5 nitrogen and oxygen atoms in total. The SMILES string of the molecule is NCc1cc(S(=O)(=O)NC2CCN3CCCC3C2)cs1. The van der Waals surface area contributed by atoms with Gasteiger partial charge in [-0.25, -0.2) is 13.1 Å². The molecular formula is C13H21N3O2S2. The third-order valence-electron chi connectivity index (χ3n) is 4.28. The third-order valence-corrected chi connectivity index (χ3v) is 6.89. The molecule has 7 heteroatoms. The number of hydrogen-bond donors (Lipinski definition) is 2. The predicted octanol–water partition coefficient (Wildman–Crippen LogP) is 1.11. The Bertz CT molecular complexity index is 570. The fourth-order valence-electron chi connectivity index (χ4n) is 3.23. The summed E-state index contributed by atoms with van der Waals surface area (Å²) in [5, 5.41) is 1.68. The minimum Gasteiger partial charge on any atom is -0.326 e. The van der Waals surface area contributed by atoms with Crippen LogP contribution in [0.5, 0.6) is 0 Å². The number of nitrogens with two attached hydrogens (primary N) is 1. The predicted molar refractivity (Wildman–Crippen MR) is 80.1 cm³/mol. The van der Waals surface area contributed by atoms with E-state index in [1.165, 1.54) is 30.7 Å². The first-order valence-electron chi connectivity index (χ1n) is 7.12. The van der Waals surface area contributed by atoms with Crippen molar-refractivity contribution in [2.45, 2.75) is 49.2 Å². The molecule has 1 aromatic heterocycles. The Morgan fingerprint density at radius 2 is 2.25 bits per heavy atom. The van der Waals surface area contributed by atoms with Gasteiger partial charge in [0, 0.05) is 28.9 Å². The molecule has 0 aromatic carbocycles. The van der Waals surface area contributed by atoms with Crippen LogP contribution in [0.2, 0.25) is 0 Å². The highest BCUT2D eigenvalue weighted by Crippen LogP contribution is 2.28. The van der Waals surface area contributed by atoms with Gasteiger partial charge in [0.15, 0.2) is 0 Å². The highest BCUT2D eigenvalue weighted by Gasteiger charge is 2.33. The number of sulfonamides is 1. The van der Waals surface area contributed by atoms with E-state index in [1.807, 2.05) is 0 Å². The first-order chi connectivity index (χ1) is 9.58. The summed E-state index contributed by atoms with van der Waals surface area (Å²) in [6, 6.07) is 2.32. The summed E-state index contributed by atoms with van der Waals surface area (Å²) in [5.74, 6) is 0. The van der Waals surface area contributed by atoms with Crippen molar-refractivity contribution in [1.82, 2.24) is 9.62 Å². The average Bonchev–Trinajstić information content (AvgIpc) is 3.06. The van der Waals surface area contributed by atoms with Gasteiger partial charge in [-0.05, 0) is 44.8 Å². The average molecular weight is 315 g/mol. The molecule has 2 atom stereocenters. The van der Waals surface area contributed by atoms with Gasteiger partial charge >= 0.3 is 0 Å². The van der Waals surface area contributed by atoms with E-state index < -0.39 is 10.0 Å². The topological polar surface area (TPSA) is 75.4 Å². The summed E-state index contributed by atoms with van der Waals surface area (Å²) in [6.45, 7) is 2.57. The van der Waals surface area contributed by atoms with Crippen molar-refractivity contribution in [3.8, 4) is 0 Å². The van der Waals surface area contributed by atoms with Crippen LogP contribution < -0.4 is 10.5 Å². The number of thiophene rings is 1. The molecule has 2 aliphatic rings. The molecule has 2 aliphatic heterocycles. The van der Waals surface area contributed by atoms with Gasteiger partial charge in [0.25, 0.3) is 0 Å². The maximum Gasteiger partial charge on any atom is 0.241 e. The maximum atomic E-state index is 12.4. The van der Waals surface area contributed by atoms with Crippen LogP contribution in [0.15, 0.2) is 16.3 Å². The highest BCUT2D eigenvalue weighted by atomic mass is 32.2. The Kier molecular flexibility index (Phi) is 4.14. The smallest absolute Gasteiger partial charge is 0.241 e. The van der Waals surface area contributed by atoms with Gasteiger partial charge in [0.05, 0.1) is 4.90 Å². The van der Waals surface area contributed by atoms with Crippen LogP contribution in [0.25, 0.3) is 0 Å². The summed E-state index contributed by atoms with van der Waals surface area (Å²) in [6.07, 6.45) is 4.29. The molecule has 3 heterocycles. The molecule has 2 unspecified atom stereocenters. The molecular weight excluding hydrogens is 294 g/mol. The number of hydrogen-bond acceptors (Lipinski definition) is 5. The van der Waals surface area contributed by atoms with Crippen molar-refractivity contribution >= 4 is 21.4 Å². The standard InChI is InChI=1S/C13H21N3O2S2/c14-8-12-7-13(9-19-12)20(17,18)15-10-3-5-16-4-1-2-11(16)6-10/h7,9-11,15H,1-6,8,14H2. The van der Waals surface area contributed by atoms with Gasteiger partial charge in [0.2, 0.25) is 10.0 Å². The van der Waals surface area contributed by atoms with Gasteiger partial charge in [-0.2, -0.15) is 0 Å². The van der Waals surface area contributed by atoms with E-state index in [0.29, 0.717) is 17.5 Å². The molecule has 2 fully saturated rings. The molecule has 3 rings (SSSR count). The summed E-state index contributed by atoms with van der Waals surface area (Å²) in [5.41, 5.74) is 5.54. The van der Waals surface area contributed by atoms with Gasteiger partial charge < -0.3 is 10.6 Å². The van der Waals surface area contributed by atoms with Gasteiger partial charge in [0.1, 0.15) is 0 Å². The summed E-state index contributed by atoms with van der Waals surface area (Å²) in [4.78, 5) is 3.75. The highest BCUT2D eigenvalue weighted by molar-refractivity contribution is 7.89. The van der Waals surface area contributed by atoms with Crippen LogP contribution in [0.4, 0.5) is 0 Å². The number of fused-ring (bicyclic) bond motifs is 1. The zero-order valence-electron chi connectivity index (χ0n) is 11.4. The van der Waals surface area contributed by atoms with Crippen molar-refractivity contribution < 1.29 is 8.42 Å². The van der Waals surface area contributed by atoms with Crippen LogP contribution in [-0.4, -0.2) is 38.5 Å². The Morgan fingerprint density at radius 3 is 3.00 bits per heavy atom. The first-order valence-corrected chi connectivity index (χ1v) is 9.48. The molecule has 0 radical (unpaired) electrons. The van der Waals surface area contributed by atoms with E-state index in [4.69, 9.17) is 5.73 Å². The first kappa shape index (κ1) is 14.5. The number of rotatable bonds is 4. The second-order valence-electron chi connectivity index (χ2n) is 5.63. The molecule has 0 bridgehead atoms. The van der Waals surface area contributed by atoms with Gasteiger partial charge in [-0.3, -0.25) is 0 Å². The van der Waals surface area contributed by atoms with Crippen LogP contribution in [0.3, 0.4) is 0 Å². The zero-order chi connectivity index (χ0) is 14.2. The quantitative estimate of drug-likeness (QED) is 0.873. The summed E-state index contributed by atoms with van der Waals surface area (Å²) in [7, 11) is -3.39. The molecule has 0 saturated carbocycles. The second-order valence-corrected chi connectivity index (χ2v) is 8.34. The second kappa shape index (κ2) is 5.73. The summed E-state index contributed by atoms with van der Waals surface area (Å²) < 4.78 is 27.6.